The summed E-state index contributed by atoms with van der Waals surface area (Å²) in [6.07, 6.45) is 5.76. The number of hydrogen-bond acceptors (Lipinski definition) is 8. The smallest absolute Gasteiger partial charge is 0.410 e. The van der Waals surface area contributed by atoms with E-state index < -0.39 is 5.91 Å². The van der Waals surface area contributed by atoms with Crippen LogP contribution in [0.15, 0.2) is 52.1 Å². The monoisotopic (exact) mass is 609 g/mol. The van der Waals surface area contributed by atoms with Crippen LogP contribution in [0.5, 0.6) is 5.75 Å². The van der Waals surface area contributed by atoms with E-state index in [1.807, 2.05) is 20.8 Å². The lowest BCUT2D eigenvalue weighted by molar-refractivity contribution is -0.121. The van der Waals surface area contributed by atoms with Gasteiger partial charge in [-0.05, 0) is 65.0 Å². The van der Waals surface area contributed by atoms with Crippen LogP contribution in [-0.4, -0.2) is 80.6 Å². The molecule has 1 aromatic rings. The number of methoxy groups -OCH3 is 1. The van der Waals surface area contributed by atoms with Crippen molar-refractivity contribution in [2.24, 2.45) is 21.8 Å². The number of likely N-dealkylation sites (tertiary alicyclic amines) is 1. The molecule has 44 heavy (non-hydrogen) atoms. The molecule has 3 rings (SSSR count). The molecule has 0 atom stereocenters. The van der Waals surface area contributed by atoms with Crippen LogP contribution < -0.4 is 20.7 Å². The zero-order chi connectivity index (χ0) is 33.0. The van der Waals surface area contributed by atoms with Gasteiger partial charge < -0.3 is 30.3 Å². The van der Waals surface area contributed by atoms with E-state index in [0.717, 1.165) is 32.4 Å². The Labute approximate surface area is 260 Å². The first-order valence-corrected chi connectivity index (χ1v) is 14.7. The number of anilines is 1. The molecule has 1 saturated heterocycles. The Morgan fingerprint density at radius 1 is 1.20 bits per heavy atom. The predicted octanol–water partition coefficient (Wildman–Crippen LogP) is 4.53. The Kier molecular flexibility index (Phi) is 13.3. The van der Waals surface area contributed by atoms with Crippen LogP contribution in [0.4, 0.5) is 10.5 Å². The van der Waals surface area contributed by atoms with Gasteiger partial charge in [0.05, 0.1) is 29.6 Å². The van der Waals surface area contributed by atoms with Gasteiger partial charge in [-0.15, -0.1) is 0 Å². The summed E-state index contributed by atoms with van der Waals surface area (Å²) in [6, 6.07) is 5.19. The summed E-state index contributed by atoms with van der Waals surface area (Å²) in [7, 11) is 4.53. The van der Waals surface area contributed by atoms with E-state index >= 15 is 0 Å². The zero-order valence-corrected chi connectivity index (χ0v) is 27.2. The lowest BCUT2D eigenvalue weighted by Crippen LogP contribution is -2.51. The normalized spacial score (nSPS) is 15.4. The summed E-state index contributed by atoms with van der Waals surface area (Å²) in [5.41, 5.74) is 1.06. The molecule has 12 heteroatoms. The van der Waals surface area contributed by atoms with Crippen molar-refractivity contribution in [1.29, 1.82) is 5.41 Å². The van der Waals surface area contributed by atoms with Gasteiger partial charge in [0.1, 0.15) is 11.4 Å². The van der Waals surface area contributed by atoms with Crippen molar-refractivity contribution in [2.75, 3.05) is 39.6 Å². The molecule has 240 valence electrons. The summed E-state index contributed by atoms with van der Waals surface area (Å²) in [5.74, 6) is 0.895. The Balaban J connectivity index is 0.000000432. The fraction of sp³-hybridized carbons (Fsp3) is 0.500. The molecule has 0 bridgehead atoms. The number of para-hydroxylation sites is 1. The minimum atomic E-state index is -0.402. The number of amides is 3. The van der Waals surface area contributed by atoms with Gasteiger partial charge in [-0.1, -0.05) is 19.6 Å². The number of ether oxygens (including phenoxy) is 2. The summed E-state index contributed by atoms with van der Waals surface area (Å²) in [6.45, 7) is 15.1. The molecular weight excluding hydrogens is 562 g/mol. The van der Waals surface area contributed by atoms with Crippen LogP contribution in [-0.2, 0) is 14.3 Å². The molecule has 1 aliphatic heterocycles. The highest BCUT2D eigenvalue weighted by Crippen LogP contribution is 2.32. The number of amidine groups is 2. The molecular formula is C32H47N7O5. The third kappa shape index (κ3) is 10.7. The van der Waals surface area contributed by atoms with Crippen molar-refractivity contribution in [1.82, 2.24) is 15.5 Å². The van der Waals surface area contributed by atoms with Crippen molar-refractivity contribution in [3.63, 3.8) is 0 Å². The second kappa shape index (κ2) is 16.4. The summed E-state index contributed by atoms with van der Waals surface area (Å²) < 4.78 is 10.7. The maximum atomic E-state index is 12.3. The second-order valence-electron chi connectivity index (χ2n) is 11.4. The molecule has 0 spiro atoms. The lowest BCUT2D eigenvalue weighted by atomic mass is 9.98. The first-order chi connectivity index (χ1) is 20.8. The quantitative estimate of drug-likeness (QED) is 0.139. The number of nitrogens with zero attached hydrogens (tertiary/aromatic N) is 3. The van der Waals surface area contributed by atoms with Crippen molar-refractivity contribution >= 4 is 41.5 Å². The highest BCUT2D eigenvalue weighted by Gasteiger charge is 2.32. The van der Waals surface area contributed by atoms with E-state index in [1.54, 1.807) is 43.1 Å². The molecule has 4 N–H and O–H groups in total. The first kappa shape index (κ1) is 35.7. The van der Waals surface area contributed by atoms with E-state index in [1.165, 1.54) is 20.4 Å². The van der Waals surface area contributed by atoms with Gasteiger partial charge in [0.15, 0.2) is 11.6 Å². The number of nitrogens with one attached hydrogen (secondary N) is 4. The van der Waals surface area contributed by atoms with Crippen LogP contribution in [0.2, 0.25) is 0 Å². The van der Waals surface area contributed by atoms with Gasteiger partial charge in [0.25, 0.3) is 5.91 Å². The molecule has 12 nitrogen and oxygen atoms in total. The maximum Gasteiger partial charge on any atom is 0.410 e. The van der Waals surface area contributed by atoms with E-state index in [4.69, 9.17) is 14.9 Å². The fourth-order valence-corrected chi connectivity index (χ4v) is 4.03. The number of benzene rings is 1. The van der Waals surface area contributed by atoms with Crippen LogP contribution in [0.1, 0.15) is 59.4 Å². The number of aliphatic imine (C=N–C) groups is 2. The molecule has 2 aliphatic rings. The maximum absolute atomic E-state index is 12.3. The zero-order valence-electron chi connectivity index (χ0n) is 27.2. The minimum Gasteiger partial charge on any atom is -0.494 e. The van der Waals surface area contributed by atoms with Gasteiger partial charge in [0.2, 0.25) is 5.91 Å². The second-order valence-corrected chi connectivity index (χ2v) is 11.4. The van der Waals surface area contributed by atoms with Crippen molar-refractivity contribution in [2.45, 2.75) is 59.5 Å². The Bertz CT molecular complexity index is 1320. The summed E-state index contributed by atoms with van der Waals surface area (Å²) in [5, 5.41) is 16.6. The molecule has 3 amide bonds. The molecule has 1 aromatic carbocycles. The molecule has 1 saturated carbocycles. The topological polar surface area (TPSA) is 158 Å². The summed E-state index contributed by atoms with van der Waals surface area (Å²) in [4.78, 5) is 45.7. The Hall–Kier alpha value is -4.48. The average molecular weight is 610 g/mol. The molecule has 2 fully saturated rings. The van der Waals surface area contributed by atoms with E-state index in [-0.39, 0.29) is 34.9 Å². The third-order valence-electron chi connectivity index (χ3n) is 6.74. The van der Waals surface area contributed by atoms with Gasteiger partial charge >= 0.3 is 6.09 Å². The van der Waals surface area contributed by atoms with E-state index in [0.29, 0.717) is 34.5 Å². The van der Waals surface area contributed by atoms with E-state index in [9.17, 15) is 14.4 Å². The third-order valence-corrected chi connectivity index (χ3v) is 6.74. The number of rotatable bonds is 9. The lowest BCUT2D eigenvalue weighted by Gasteiger charge is -2.39. The SMILES string of the molecule is C=C(C(=O)NC)/C(=C\C(=NC)NC(=O)C1CC1)Nc1cccc(C(=N)N=CC)c1OC.CCC1CN(C(=O)OC(C)(C)C)C1. The van der Waals surface area contributed by atoms with Crippen LogP contribution in [0.25, 0.3) is 0 Å². The van der Waals surface area contributed by atoms with Crippen molar-refractivity contribution in [3.8, 4) is 5.75 Å². The number of likely N-dealkylation sites (N-methyl/N-ethyl adjacent to an activating group) is 1. The summed E-state index contributed by atoms with van der Waals surface area (Å²) >= 11 is 0. The van der Waals surface area contributed by atoms with Crippen molar-refractivity contribution in [3.05, 3.63) is 47.7 Å². The minimum absolute atomic E-state index is 0.00519. The van der Waals surface area contributed by atoms with Crippen LogP contribution >= 0.6 is 0 Å². The number of carbonyl (C=O) groups excluding carboxylic acids is 3. The average Bonchev–Trinajstić information content (AvgIpc) is 3.80. The Morgan fingerprint density at radius 3 is 2.36 bits per heavy atom. The Morgan fingerprint density at radius 2 is 1.86 bits per heavy atom. The molecule has 1 aliphatic carbocycles. The fourth-order valence-electron chi connectivity index (χ4n) is 4.03. The number of hydrogen-bond donors (Lipinski definition) is 4. The van der Waals surface area contributed by atoms with Gasteiger partial charge in [-0.25, -0.2) is 9.79 Å². The van der Waals surface area contributed by atoms with Crippen molar-refractivity contribution < 1.29 is 23.9 Å². The standard InChI is InChI=1S/C22H28N6O3.C10H19NO2/c1-6-26-20(23)15-8-7-9-16(19(15)31-5)27-17(13(2)21(29)25-4)12-18(24-3)28-22(30)14-10-11-14;1-5-8-6-11(7-8)9(12)13-10(2,3)4/h6-9,12,14,23,27H,2,10-11H2,1,3-5H3,(H,25,29)(H,24,28,30);8H,5-7H2,1-4H3/b17-12+,23-20?,26-6?;. The number of carbonyl (C=O) groups is 3. The highest BCUT2D eigenvalue weighted by atomic mass is 16.6. The van der Waals surface area contributed by atoms with Crippen LogP contribution in [0.3, 0.4) is 0 Å². The van der Waals surface area contributed by atoms with Gasteiger partial charge in [-0.3, -0.25) is 20.0 Å². The largest absolute Gasteiger partial charge is 0.494 e. The van der Waals surface area contributed by atoms with Gasteiger partial charge in [0, 0.05) is 45.4 Å². The predicted molar refractivity (Wildman–Crippen MR) is 175 cm³/mol. The molecule has 1 heterocycles. The first-order valence-electron chi connectivity index (χ1n) is 14.7. The molecule has 0 radical (unpaired) electrons. The van der Waals surface area contributed by atoms with E-state index in [2.05, 4.69) is 39.4 Å². The van der Waals surface area contributed by atoms with Gasteiger partial charge in [-0.2, -0.15) is 0 Å². The molecule has 0 unspecified atom stereocenters. The highest BCUT2D eigenvalue weighted by molar-refractivity contribution is 6.08. The van der Waals surface area contributed by atoms with Crippen LogP contribution in [0, 0.1) is 17.2 Å². The molecule has 0 aromatic heterocycles.